The van der Waals surface area contributed by atoms with Gasteiger partial charge in [0.1, 0.15) is 0 Å². The van der Waals surface area contributed by atoms with Crippen LogP contribution in [0.5, 0.6) is 0 Å². The van der Waals surface area contributed by atoms with Crippen LogP contribution in [0.1, 0.15) is 6.42 Å². The number of β-amino-alcohol motifs (C(OH)–C–C–N with tert-alkyl or cyclic N) is 1. The highest BCUT2D eigenvalue weighted by molar-refractivity contribution is 7.89. The third kappa shape index (κ3) is 4.91. The van der Waals surface area contributed by atoms with Gasteiger partial charge in [0.05, 0.1) is 10.5 Å². The van der Waals surface area contributed by atoms with Crippen LogP contribution in [0.15, 0.2) is 29.2 Å². The van der Waals surface area contributed by atoms with Crippen LogP contribution in [0.4, 0.5) is 0 Å². The van der Waals surface area contributed by atoms with Crippen LogP contribution in [-0.4, -0.2) is 51.8 Å². The predicted octanol–water partition coefficient (Wildman–Crippen LogP) is -0.0677. The van der Waals surface area contributed by atoms with Crippen LogP contribution in [-0.2, 0) is 10.0 Å². The number of aliphatic hydroxyl groups is 1. The molecule has 0 aliphatic carbocycles. The molecular weight excluding hydrogens is 314 g/mol. The minimum Gasteiger partial charge on any atom is -0.387 e. The van der Waals surface area contributed by atoms with Crippen molar-refractivity contribution in [3.05, 3.63) is 29.3 Å². The van der Waals surface area contributed by atoms with Crippen molar-refractivity contribution < 1.29 is 13.5 Å². The van der Waals surface area contributed by atoms with E-state index in [1.165, 1.54) is 24.3 Å². The average molecular weight is 334 g/mol. The van der Waals surface area contributed by atoms with Crippen LogP contribution in [0.3, 0.4) is 0 Å². The largest absolute Gasteiger partial charge is 0.387 e. The summed E-state index contributed by atoms with van der Waals surface area (Å²) in [5, 5.41) is 16.7. The highest BCUT2D eigenvalue weighted by Gasteiger charge is 2.30. The van der Waals surface area contributed by atoms with E-state index < -0.39 is 15.6 Å². The Bertz CT molecular complexity index is 557. The molecule has 1 aliphatic rings. The average Bonchev–Trinajstić information content (AvgIpc) is 2.86. The molecule has 1 aromatic rings. The van der Waals surface area contributed by atoms with Crippen molar-refractivity contribution in [1.82, 2.24) is 15.4 Å². The Hall–Kier alpha value is -0.700. The summed E-state index contributed by atoms with van der Waals surface area (Å²) < 4.78 is 26.5. The van der Waals surface area contributed by atoms with Gasteiger partial charge in [-0.25, -0.2) is 13.1 Å². The quantitative estimate of drug-likeness (QED) is 0.525. The maximum Gasteiger partial charge on any atom is 0.240 e. The minimum atomic E-state index is -3.52. The third-order valence-electron chi connectivity index (χ3n) is 3.39. The first-order valence-corrected chi connectivity index (χ1v) is 8.67. The minimum absolute atomic E-state index is 0.186. The van der Waals surface area contributed by atoms with Crippen molar-refractivity contribution in [3.8, 4) is 0 Å². The topological polar surface area (TPSA) is 90.5 Å². The van der Waals surface area contributed by atoms with Gasteiger partial charge in [-0.15, -0.1) is 0 Å². The number of hydrogen-bond donors (Lipinski definition) is 4. The molecule has 0 bridgehead atoms. The van der Waals surface area contributed by atoms with E-state index in [1.54, 1.807) is 0 Å². The Morgan fingerprint density at radius 2 is 2.00 bits per heavy atom. The summed E-state index contributed by atoms with van der Waals surface area (Å²) in [6.45, 7) is 2.53. The van der Waals surface area contributed by atoms with E-state index >= 15 is 0 Å². The number of rotatable bonds is 7. The summed E-state index contributed by atoms with van der Waals surface area (Å²) in [6, 6.07) is 6.00. The van der Waals surface area contributed by atoms with Gasteiger partial charge in [-0.05, 0) is 37.2 Å². The zero-order valence-electron chi connectivity index (χ0n) is 11.6. The van der Waals surface area contributed by atoms with E-state index in [-0.39, 0.29) is 11.4 Å². The van der Waals surface area contributed by atoms with E-state index in [9.17, 15) is 13.5 Å². The van der Waals surface area contributed by atoms with Crippen LogP contribution < -0.4 is 15.4 Å². The SMILES string of the molecule is O=S(=O)(NCCNC[C@]1(O)CCNC1)c1ccc(Cl)cc1. The van der Waals surface area contributed by atoms with Crippen molar-refractivity contribution in [1.29, 1.82) is 0 Å². The molecule has 118 valence electrons. The first kappa shape index (κ1) is 16.7. The van der Waals surface area contributed by atoms with Crippen LogP contribution in [0, 0.1) is 0 Å². The van der Waals surface area contributed by atoms with E-state index in [4.69, 9.17) is 11.6 Å². The van der Waals surface area contributed by atoms with Crippen molar-refractivity contribution in [2.24, 2.45) is 0 Å². The lowest BCUT2D eigenvalue weighted by atomic mass is 10.0. The molecule has 1 atom stereocenters. The van der Waals surface area contributed by atoms with E-state index in [0.29, 0.717) is 31.1 Å². The standard InChI is InChI=1S/C13H20ClN3O3S/c14-11-1-3-12(4-2-11)21(19,20)17-8-7-16-10-13(18)5-6-15-9-13/h1-4,15-18H,5-10H2/t13-/m0/s1. The smallest absolute Gasteiger partial charge is 0.240 e. The maximum atomic E-state index is 12.0. The van der Waals surface area contributed by atoms with Crippen molar-refractivity contribution in [3.63, 3.8) is 0 Å². The molecule has 1 fully saturated rings. The molecule has 1 aliphatic heterocycles. The van der Waals surface area contributed by atoms with Crippen molar-refractivity contribution in [2.75, 3.05) is 32.7 Å². The lowest BCUT2D eigenvalue weighted by Crippen LogP contribution is -2.44. The van der Waals surface area contributed by atoms with E-state index in [2.05, 4.69) is 15.4 Å². The van der Waals surface area contributed by atoms with Gasteiger partial charge in [-0.2, -0.15) is 0 Å². The van der Waals surface area contributed by atoms with Gasteiger partial charge in [0.25, 0.3) is 0 Å². The summed E-state index contributed by atoms with van der Waals surface area (Å²) in [7, 11) is -3.52. The third-order valence-corrected chi connectivity index (χ3v) is 5.12. The van der Waals surface area contributed by atoms with Gasteiger partial charge in [0.2, 0.25) is 10.0 Å². The van der Waals surface area contributed by atoms with Gasteiger partial charge in [-0.1, -0.05) is 11.6 Å². The van der Waals surface area contributed by atoms with Gasteiger partial charge >= 0.3 is 0 Å². The highest BCUT2D eigenvalue weighted by atomic mass is 35.5. The normalized spacial score (nSPS) is 22.6. The Kier molecular flexibility index (Phi) is 5.59. The first-order valence-electron chi connectivity index (χ1n) is 6.80. The van der Waals surface area contributed by atoms with Gasteiger partial charge in [0, 0.05) is 31.2 Å². The number of sulfonamides is 1. The molecule has 1 saturated heterocycles. The number of nitrogens with one attached hydrogen (secondary N) is 3. The molecule has 21 heavy (non-hydrogen) atoms. The molecule has 0 saturated carbocycles. The fraction of sp³-hybridized carbons (Fsp3) is 0.538. The second kappa shape index (κ2) is 7.04. The van der Waals surface area contributed by atoms with Crippen LogP contribution in [0.2, 0.25) is 5.02 Å². The summed E-state index contributed by atoms with van der Waals surface area (Å²) in [5.74, 6) is 0. The fourth-order valence-corrected chi connectivity index (χ4v) is 3.33. The predicted molar refractivity (Wildman–Crippen MR) is 81.9 cm³/mol. The zero-order valence-corrected chi connectivity index (χ0v) is 13.2. The lowest BCUT2D eigenvalue weighted by molar-refractivity contribution is 0.0616. The molecule has 0 unspecified atom stereocenters. The molecule has 1 heterocycles. The molecule has 0 amide bonds. The number of benzene rings is 1. The Morgan fingerprint density at radius 1 is 1.29 bits per heavy atom. The number of hydrogen-bond acceptors (Lipinski definition) is 5. The lowest BCUT2D eigenvalue weighted by Gasteiger charge is -2.21. The monoisotopic (exact) mass is 333 g/mol. The summed E-state index contributed by atoms with van der Waals surface area (Å²) in [6.07, 6.45) is 0.705. The fourth-order valence-electron chi connectivity index (χ4n) is 2.17. The first-order chi connectivity index (χ1) is 9.91. The molecule has 0 radical (unpaired) electrons. The van der Waals surface area contributed by atoms with Gasteiger partial charge < -0.3 is 15.7 Å². The Balaban J connectivity index is 1.73. The maximum absolute atomic E-state index is 12.0. The number of halogens is 1. The van der Waals surface area contributed by atoms with Crippen molar-refractivity contribution in [2.45, 2.75) is 16.9 Å². The van der Waals surface area contributed by atoms with Crippen LogP contribution >= 0.6 is 11.6 Å². The summed E-state index contributed by atoms with van der Waals surface area (Å²) in [5.41, 5.74) is -0.727. The highest BCUT2D eigenvalue weighted by Crippen LogP contribution is 2.14. The van der Waals surface area contributed by atoms with Gasteiger partial charge in [0.15, 0.2) is 0 Å². The van der Waals surface area contributed by atoms with Crippen LogP contribution in [0.25, 0.3) is 0 Å². The molecule has 0 spiro atoms. The van der Waals surface area contributed by atoms with E-state index in [0.717, 1.165) is 6.54 Å². The second-order valence-electron chi connectivity index (χ2n) is 5.18. The Morgan fingerprint density at radius 3 is 2.62 bits per heavy atom. The molecule has 8 heteroatoms. The zero-order chi connectivity index (χ0) is 15.3. The second-order valence-corrected chi connectivity index (χ2v) is 7.38. The molecule has 1 aromatic carbocycles. The molecule has 2 rings (SSSR count). The van der Waals surface area contributed by atoms with Crippen molar-refractivity contribution >= 4 is 21.6 Å². The van der Waals surface area contributed by atoms with Gasteiger partial charge in [-0.3, -0.25) is 0 Å². The summed E-state index contributed by atoms with van der Waals surface area (Å²) >= 11 is 5.73. The Labute approximate surface area is 129 Å². The summed E-state index contributed by atoms with van der Waals surface area (Å²) in [4.78, 5) is 0.186. The molecule has 0 aromatic heterocycles. The molecular formula is C13H20ClN3O3S. The molecule has 4 N–H and O–H groups in total. The van der Waals surface area contributed by atoms with E-state index in [1.807, 2.05) is 0 Å². The molecule has 6 nitrogen and oxygen atoms in total.